The van der Waals surface area contributed by atoms with Crippen molar-refractivity contribution in [1.29, 1.82) is 0 Å². The maximum Gasteiger partial charge on any atom is 2.00 e. The second kappa shape index (κ2) is 17.5. The molecule has 0 aliphatic rings. The molecule has 1 unspecified atom stereocenters. The number of phenols is 2. The third-order valence-corrected chi connectivity index (χ3v) is 5.46. The van der Waals surface area contributed by atoms with Crippen molar-refractivity contribution in [3.05, 3.63) is 48.0 Å². The van der Waals surface area contributed by atoms with Crippen LogP contribution in [0.15, 0.2) is 42.5 Å². The minimum Gasteiger partial charge on any atom is -0.508 e. The first-order chi connectivity index (χ1) is 18.3. The number of carboxylic acid groups (broad SMARTS) is 4. The number of aromatic hydroxyl groups is 2. The minimum atomic E-state index is -1.61. The van der Waals surface area contributed by atoms with Crippen LogP contribution in [0.5, 0.6) is 23.0 Å². The Kier molecular flexibility index (Phi) is 15.8. The van der Waals surface area contributed by atoms with Crippen molar-refractivity contribution in [3.63, 3.8) is 0 Å². The standard InChI is InChI=1S/C18H24N2O10.C7H8O2.Mn/c1-10(17(26)27)19(8-14(22)23)5-6-20(9-15(24)25)16(18(28)29)12-7-11(30-2)3-4-13(12)21;1-9-7-4-2-6(8)3-5-7;/h3-4,7,10,16,21H,5-6,8-9H2,1-2H3,(H,22,23)(H,24,25)(H,26,27)(H,28,29);2-5,8H,1H3;/q;;+2/t10?,16-;;/m0../s1. The van der Waals surface area contributed by atoms with E-state index in [9.17, 15) is 34.5 Å². The summed E-state index contributed by atoms with van der Waals surface area (Å²) in [4.78, 5) is 47.6. The molecule has 0 bridgehead atoms. The molecule has 15 heteroatoms. The summed E-state index contributed by atoms with van der Waals surface area (Å²) in [5.74, 6) is -4.57. The second-order valence-electron chi connectivity index (χ2n) is 8.11. The zero-order valence-electron chi connectivity index (χ0n) is 21.9. The molecule has 0 fully saturated rings. The van der Waals surface area contributed by atoms with Gasteiger partial charge in [-0.1, -0.05) is 0 Å². The summed E-state index contributed by atoms with van der Waals surface area (Å²) < 4.78 is 9.88. The Morgan fingerprint density at radius 3 is 1.68 bits per heavy atom. The average Bonchev–Trinajstić information content (AvgIpc) is 2.87. The Hall–Kier alpha value is -4.04. The molecular weight excluding hydrogens is 575 g/mol. The molecule has 2 atom stereocenters. The van der Waals surface area contributed by atoms with Crippen molar-refractivity contribution in [2.75, 3.05) is 40.4 Å². The van der Waals surface area contributed by atoms with Gasteiger partial charge in [0, 0.05) is 18.7 Å². The molecule has 0 spiro atoms. The maximum absolute atomic E-state index is 12.0. The summed E-state index contributed by atoms with van der Waals surface area (Å²) in [5.41, 5.74) is -0.126. The molecule has 0 saturated heterocycles. The number of methoxy groups -OCH3 is 2. The Morgan fingerprint density at radius 1 is 0.750 bits per heavy atom. The van der Waals surface area contributed by atoms with Gasteiger partial charge in [-0.25, -0.2) is 0 Å². The fraction of sp³-hybridized carbons (Fsp3) is 0.360. The number of aliphatic carboxylic acids is 4. The molecule has 14 nitrogen and oxygen atoms in total. The van der Waals surface area contributed by atoms with Crippen molar-refractivity contribution in [2.45, 2.75) is 19.0 Å². The molecular formula is C25H32MnN2O12+2. The maximum atomic E-state index is 12.0. The number of carbonyl (C=O) groups is 4. The van der Waals surface area contributed by atoms with E-state index in [4.69, 9.17) is 24.8 Å². The van der Waals surface area contributed by atoms with Gasteiger partial charge in [0.05, 0.1) is 27.3 Å². The third-order valence-electron chi connectivity index (χ3n) is 5.46. The van der Waals surface area contributed by atoms with E-state index in [0.717, 1.165) is 15.5 Å². The monoisotopic (exact) mass is 607 g/mol. The van der Waals surface area contributed by atoms with E-state index < -0.39 is 54.8 Å². The largest absolute Gasteiger partial charge is 2.00 e. The van der Waals surface area contributed by atoms with Gasteiger partial charge in [0.1, 0.15) is 35.1 Å². The molecule has 0 aromatic heterocycles. The van der Waals surface area contributed by atoms with Crippen LogP contribution >= 0.6 is 0 Å². The van der Waals surface area contributed by atoms with Crippen LogP contribution in [0.1, 0.15) is 18.5 Å². The van der Waals surface area contributed by atoms with Crippen molar-refractivity contribution in [2.24, 2.45) is 0 Å². The van der Waals surface area contributed by atoms with Crippen molar-refractivity contribution >= 4 is 23.9 Å². The van der Waals surface area contributed by atoms with Crippen LogP contribution in [0.2, 0.25) is 0 Å². The molecule has 40 heavy (non-hydrogen) atoms. The fourth-order valence-corrected chi connectivity index (χ4v) is 3.42. The molecule has 2 rings (SSSR count). The number of nitrogens with zero attached hydrogens (tertiary/aromatic N) is 2. The van der Waals surface area contributed by atoms with Crippen LogP contribution in [0.4, 0.5) is 0 Å². The van der Waals surface area contributed by atoms with Crippen LogP contribution in [0.25, 0.3) is 0 Å². The van der Waals surface area contributed by atoms with E-state index in [2.05, 4.69) is 0 Å². The van der Waals surface area contributed by atoms with Gasteiger partial charge in [-0.2, -0.15) is 0 Å². The first-order valence-corrected chi connectivity index (χ1v) is 11.4. The van der Waals surface area contributed by atoms with Gasteiger partial charge in [-0.3, -0.25) is 29.0 Å². The molecule has 0 amide bonds. The first-order valence-electron chi connectivity index (χ1n) is 11.4. The molecule has 2 aromatic carbocycles. The minimum absolute atomic E-state index is 0. The SMILES string of the molecule is COc1ccc(O)c([C@@H](C(=O)O)N(CCN(CC(=O)O)C(C)C(=O)O)CC(=O)O)c1.COc1ccc(O)cc1.[Mn+2]. The van der Waals surface area contributed by atoms with E-state index in [1.807, 2.05) is 0 Å². The third kappa shape index (κ3) is 11.8. The predicted molar refractivity (Wildman–Crippen MR) is 135 cm³/mol. The van der Waals surface area contributed by atoms with Gasteiger partial charge >= 0.3 is 40.9 Å². The van der Waals surface area contributed by atoms with Gasteiger partial charge in [0.2, 0.25) is 0 Å². The number of carboxylic acids is 4. The summed E-state index contributed by atoms with van der Waals surface area (Å²) in [6.45, 7) is -0.686. The van der Waals surface area contributed by atoms with Gasteiger partial charge in [-0.15, -0.1) is 0 Å². The number of ether oxygens (including phenoxy) is 2. The summed E-state index contributed by atoms with van der Waals surface area (Å²) >= 11 is 0. The number of hydrogen-bond acceptors (Lipinski definition) is 10. The van der Waals surface area contributed by atoms with E-state index >= 15 is 0 Å². The molecule has 6 N–H and O–H groups in total. The Morgan fingerprint density at radius 2 is 1.23 bits per heavy atom. The van der Waals surface area contributed by atoms with Crippen LogP contribution < -0.4 is 9.47 Å². The number of benzene rings is 2. The van der Waals surface area contributed by atoms with E-state index in [-0.39, 0.29) is 47.2 Å². The summed E-state index contributed by atoms with van der Waals surface area (Å²) in [5, 5.41) is 56.0. The molecule has 1 radical (unpaired) electrons. The average molecular weight is 607 g/mol. The topological polar surface area (TPSA) is 215 Å². The molecule has 0 aliphatic heterocycles. The summed E-state index contributed by atoms with van der Waals surface area (Å²) in [7, 11) is 2.92. The molecule has 0 heterocycles. The number of rotatable bonds is 14. The van der Waals surface area contributed by atoms with Gasteiger partial charge in [0.25, 0.3) is 0 Å². The van der Waals surface area contributed by atoms with E-state index in [1.54, 1.807) is 31.4 Å². The second-order valence-corrected chi connectivity index (χ2v) is 8.11. The van der Waals surface area contributed by atoms with Gasteiger partial charge in [0.15, 0.2) is 0 Å². The van der Waals surface area contributed by atoms with E-state index in [0.29, 0.717) is 0 Å². The summed E-state index contributed by atoms with van der Waals surface area (Å²) in [6.07, 6.45) is 0. The van der Waals surface area contributed by atoms with Crippen molar-refractivity contribution in [1.82, 2.24) is 9.80 Å². The molecule has 2 aromatic rings. The van der Waals surface area contributed by atoms with Crippen molar-refractivity contribution in [3.8, 4) is 23.0 Å². The van der Waals surface area contributed by atoms with Crippen LogP contribution in [0, 0.1) is 0 Å². The van der Waals surface area contributed by atoms with Gasteiger partial charge in [-0.05, 0) is 49.4 Å². The van der Waals surface area contributed by atoms with Crippen LogP contribution in [0.3, 0.4) is 0 Å². The normalized spacial score (nSPS) is 11.8. The molecule has 0 saturated carbocycles. The van der Waals surface area contributed by atoms with Crippen LogP contribution in [-0.4, -0.2) is 111 Å². The fourth-order valence-electron chi connectivity index (χ4n) is 3.42. The van der Waals surface area contributed by atoms with E-state index in [1.165, 1.54) is 32.2 Å². The zero-order valence-corrected chi connectivity index (χ0v) is 23.1. The summed E-state index contributed by atoms with van der Waals surface area (Å²) in [6, 6.07) is 7.60. The zero-order chi connectivity index (χ0) is 29.7. The smallest absolute Gasteiger partial charge is 0.508 e. The Bertz CT molecular complexity index is 1130. The first kappa shape index (κ1) is 36.0. The Balaban J connectivity index is 0.00000128. The molecule has 219 valence electrons. The van der Waals surface area contributed by atoms with Crippen molar-refractivity contribution < 1.29 is 76.4 Å². The quantitative estimate of drug-likeness (QED) is 0.166. The molecule has 0 aliphatic carbocycles. The Labute approximate surface area is 240 Å². The van der Waals surface area contributed by atoms with Crippen LogP contribution in [-0.2, 0) is 36.2 Å². The predicted octanol–water partition coefficient (Wildman–Crippen LogP) is 1.17. The number of hydrogen-bond donors (Lipinski definition) is 6. The van der Waals surface area contributed by atoms with Gasteiger partial charge < -0.3 is 40.1 Å². The number of phenolic OH excluding ortho intramolecular Hbond substituents is 2.